The number of rotatable bonds is 3. The second-order valence-electron chi connectivity index (χ2n) is 5.44. The molecule has 0 spiro atoms. The summed E-state index contributed by atoms with van der Waals surface area (Å²) in [4.78, 5) is 24.8. The van der Waals surface area contributed by atoms with E-state index in [1.165, 1.54) is 6.92 Å². The van der Waals surface area contributed by atoms with E-state index in [4.69, 9.17) is 16.3 Å². The Kier molecular flexibility index (Phi) is 5.19. The molecule has 1 aliphatic heterocycles. The zero-order valence-electron chi connectivity index (χ0n) is 12.3. The first-order valence-corrected chi connectivity index (χ1v) is 7.35. The third kappa shape index (κ3) is 4.60. The predicted molar refractivity (Wildman–Crippen MR) is 77.1 cm³/mol. The quantitative estimate of drug-likeness (QED) is 0.786. The van der Waals surface area contributed by atoms with Gasteiger partial charge in [-0.1, -0.05) is 11.6 Å². The highest BCUT2D eigenvalue weighted by Crippen LogP contribution is 2.32. The lowest BCUT2D eigenvalue weighted by atomic mass is 10.1. The van der Waals surface area contributed by atoms with Crippen LogP contribution in [0.3, 0.4) is 0 Å². The van der Waals surface area contributed by atoms with Gasteiger partial charge in [0.05, 0.1) is 17.7 Å². The smallest absolute Gasteiger partial charge is 0.416 e. The number of esters is 1. The summed E-state index contributed by atoms with van der Waals surface area (Å²) >= 11 is 5.63. The Morgan fingerprint density at radius 3 is 2.61 bits per heavy atom. The summed E-state index contributed by atoms with van der Waals surface area (Å²) in [6.45, 7) is 2.58. The van der Waals surface area contributed by atoms with Crippen molar-refractivity contribution in [2.75, 3.05) is 19.7 Å². The molecule has 0 radical (unpaired) electrons. The number of halogens is 4. The lowest BCUT2D eigenvalue weighted by Gasteiger charge is -2.14. The maximum Gasteiger partial charge on any atom is 0.416 e. The molecule has 1 saturated heterocycles. The first kappa shape index (κ1) is 17.6. The highest BCUT2D eigenvalue weighted by Gasteiger charge is 2.32. The van der Waals surface area contributed by atoms with Gasteiger partial charge < -0.3 is 9.64 Å². The molecule has 23 heavy (non-hydrogen) atoms. The third-order valence-corrected chi connectivity index (χ3v) is 3.86. The minimum atomic E-state index is -4.59. The summed E-state index contributed by atoms with van der Waals surface area (Å²) in [6, 6.07) is 2.60. The van der Waals surface area contributed by atoms with Crippen LogP contribution in [0.15, 0.2) is 18.2 Å². The van der Waals surface area contributed by atoms with Crippen LogP contribution >= 0.6 is 11.6 Å². The van der Waals surface area contributed by atoms with E-state index in [0.717, 1.165) is 12.1 Å². The predicted octanol–water partition coefficient (Wildman–Crippen LogP) is 3.38. The van der Waals surface area contributed by atoms with Crippen LogP contribution in [-0.2, 0) is 15.7 Å². The van der Waals surface area contributed by atoms with Crippen LogP contribution in [0.4, 0.5) is 13.2 Å². The number of nitrogens with zero attached hydrogens (tertiary/aromatic N) is 1. The molecular formula is C15H15ClF3NO3. The minimum absolute atomic E-state index is 0.0101. The molecule has 1 aliphatic rings. The number of amides is 1. The van der Waals surface area contributed by atoms with Crippen molar-refractivity contribution in [3.8, 4) is 0 Å². The second-order valence-corrected chi connectivity index (χ2v) is 5.88. The molecule has 1 aromatic rings. The van der Waals surface area contributed by atoms with Gasteiger partial charge in [0.25, 0.3) is 0 Å². The summed E-state index contributed by atoms with van der Waals surface area (Å²) in [6.07, 6.45) is -3.90. The van der Waals surface area contributed by atoms with Crippen molar-refractivity contribution < 1.29 is 27.5 Å². The van der Waals surface area contributed by atoms with E-state index < -0.39 is 17.7 Å². The molecule has 0 N–H and O–H groups in total. The summed E-state index contributed by atoms with van der Waals surface area (Å²) in [7, 11) is 0. The van der Waals surface area contributed by atoms with Gasteiger partial charge in [-0.05, 0) is 24.6 Å². The molecule has 1 heterocycles. The zero-order chi connectivity index (χ0) is 17.2. The molecule has 1 atom stereocenters. The van der Waals surface area contributed by atoms with Crippen LogP contribution in [0, 0.1) is 5.92 Å². The van der Waals surface area contributed by atoms with E-state index in [1.807, 2.05) is 0 Å². The van der Waals surface area contributed by atoms with Gasteiger partial charge in [0.2, 0.25) is 5.91 Å². The van der Waals surface area contributed by atoms with Crippen molar-refractivity contribution in [3.05, 3.63) is 34.3 Å². The number of carbonyl (C=O) groups excluding carboxylic acids is 2. The molecule has 0 aromatic heterocycles. The Morgan fingerprint density at radius 1 is 1.35 bits per heavy atom. The minimum Gasteiger partial charge on any atom is -0.462 e. The van der Waals surface area contributed by atoms with Crippen LogP contribution in [0.25, 0.3) is 0 Å². The van der Waals surface area contributed by atoms with Gasteiger partial charge in [-0.3, -0.25) is 4.79 Å². The molecule has 1 unspecified atom stereocenters. The number of carbonyl (C=O) groups is 2. The van der Waals surface area contributed by atoms with E-state index in [1.54, 1.807) is 4.90 Å². The monoisotopic (exact) mass is 349 g/mol. The fraction of sp³-hybridized carbons (Fsp3) is 0.467. The molecule has 8 heteroatoms. The summed E-state index contributed by atoms with van der Waals surface area (Å²) < 4.78 is 43.2. The Bertz CT molecular complexity index is 618. The van der Waals surface area contributed by atoms with Crippen molar-refractivity contribution in [1.29, 1.82) is 0 Å². The Labute approximate surface area is 136 Å². The molecule has 4 nitrogen and oxygen atoms in total. The number of hydrogen-bond acceptors (Lipinski definition) is 3. The number of alkyl halides is 3. The van der Waals surface area contributed by atoms with E-state index in [0.29, 0.717) is 25.6 Å². The molecule has 0 saturated carbocycles. The van der Waals surface area contributed by atoms with Gasteiger partial charge in [0.1, 0.15) is 0 Å². The van der Waals surface area contributed by atoms with E-state index in [2.05, 4.69) is 0 Å². The van der Waals surface area contributed by atoms with Gasteiger partial charge in [0, 0.05) is 31.0 Å². The van der Waals surface area contributed by atoms with Crippen molar-refractivity contribution in [2.24, 2.45) is 5.92 Å². The van der Waals surface area contributed by atoms with Gasteiger partial charge in [0.15, 0.2) is 0 Å². The number of hydrogen-bond donors (Lipinski definition) is 0. The van der Waals surface area contributed by atoms with Gasteiger partial charge >= 0.3 is 12.1 Å². The van der Waals surface area contributed by atoms with Crippen molar-refractivity contribution >= 4 is 23.5 Å². The highest BCUT2D eigenvalue weighted by molar-refractivity contribution is 6.31. The SMILES string of the molecule is CC(=O)N1CCC(COC(=O)c2cc(Cl)cc(C(F)(F)F)c2)C1. The number of ether oxygens (including phenoxy) is 1. The summed E-state index contributed by atoms with van der Waals surface area (Å²) in [5.74, 6) is -0.924. The van der Waals surface area contributed by atoms with Crippen LogP contribution in [0.1, 0.15) is 29.3 Å². The molecular weight excluding hydrogens is 335 g/mol. The van der Waals surface area contributed by atoms with Crippen LogP contribution in [0.2, 0.25) is 5.02 Å². The summed E-state index contributed by atoms with van der Waals surface area (Å²) in [5.41, 5.74) is -1.24. The van der Waals surface area contributed by atoms with Crippen molar-refractivity contribution in [3.63, 3.8) is 0 Å². The lowest BCUT2D eigenvalue weighted by Crippen LogP contribution is -2.26. The lowest BCUT2D eigenvalue weighted by molar-refractivity contribution is -0.137. The molecule has 126 valence electrons. The number of benzene rings is 1. The van der Waals surface area contributed by atoms with Gasteiger partial charge in [-0.2, -0.15) is 13.2 Å². The maximum absolute atomic E-state index is 12.7. The molecule has 1 aromatic carbocycles. The number of likely N-dealkylation sites (tertiary alicyclic amines) is 1. The van der Waals surface area contributed by atoms with Crippen molar-refractivity contribution in [2.45, 2.75) is 19.5 Å². The van der Waals surface area contributed by atoms with E-state index in [9.17, 15) is 22.8 Å². The van der Waals surface area contributed by atoms with Gasteiger partial charge in [-0.15, -0.1) is 0 Å². The molecule has 0 bridgehead atoms. The van der Waals surface area contributed by atoms with Crippen LogP contribution in [-0.4, -0.2) is 36.5 Å². The first-order chi connectivity index (χ1) is 10.7. The molecule has 1 fully saturated rings. The maximum atomic E-state index is 12.7. The fourth-order valence-corrected chi connectivity index (χ4v) is 2.64. The highest BCUT2D eigenvalue weighted by atomic mass is 35.5. The average molecular weight is 350 g/mol. The normalized spacial score (nSPS) is 18.1. The van der Waals surface area contributed by atoms with Gasteiger partial charge in [-0.25, -0.2) is 4.79 Å². The molecule has 0 aliphatic carbocycles. The third-order valence-electron chi connectivity index (χ3n) is 3.64. The Hall–Kier alpha value is -1.76. The molecule has 1 amide bonds. The average Bonchev–Trinajstić information content (AvgIpc) is 2.92. The largest absolute Gasteiger partial charge is 0.462 e. The summed E-state index contributed by atoms with van der Waals surface area (Å²) in [5, 5.41) is -0.185. The van der Waals surface area contributed by atoms with Crippen LogP contribution < -0.4 is 0 Å². The fourth-order valence-electron chi connectivity index (χ4n) is 2.40. The first-order valence-electron chi connectivity index (χ1n) is 6.97. The van der Waals surface area contributed by atoms with E-state index >= 15 is 0 Å². The Morgan fingerprint density at radius 2 is 2.04 bits per heavy atom. The Balaban J connectivity index is 1.99. The molecule has 2 rings (SSSR count). The zero-order valence-corrected chi connectivity index (χ0v) is 13.1. The van der Waals surface area contributed by atoms with Crippen LogP contribution in [0.5, 0.6) is 0 Å². The standard InChI is InChI=1S/C15H15ClF3NO3/c1-9(21)20-3-2-10(7-20)8-23-14(22)11-4-12(15(17,18)19)6-13(16)5-11/h4-6,10H,2-3,7-8H2,1H3. The van der Waals surface area contributed by atoms with E-state index in [-0.39, 0.29) is 29.0 Å². The topological polar surface area (TPSA) is 46.6 Å². The van der Waals surface area contributed by atoms with Crippen molar-refractivity contribution in [1.82, 2.24) is 4.90 Å². The second kappa shape index (κ2) is 6.78.